The fourth-order valence-corrected chi connectivity index (χ4v) is 2.63. The normalized spacial score (nSPS) is 15.2. The number of aryl methyl sites for hydroxylation is 1. The zero-order valence-electron chi connectivity index (χ0n) is 11.5. The maximum absolute atomic E-state index is 13.6. The molecule has 110 valence electrons. The Bertz CT molecular complexity index is 635. The molecule has 2 aromatic carbocycles. The summed E-state index contributed by atoms with van der Waals surface area (Å²) in [5.41, 5.74) is 1.60. The van der Waals surface area contributed by atoms with Gasteiger partial charge in [0.05, 0.1) is 12.7 Å². The molecule has 0 saturated carbocycles. The number of rotatable bonds is 3. The van der Waals surface area contributed by atoms with Crippen molar-refractivity contribution in [1.82, 2.24) is 0 Å². The molecule has 1 unspecified atom stereocenters. The van der Waals surface area contributed by atoms with E-state index in [9.17, 15) is 13.9 Å². The van der Waals surface area contributed by atoms with Crippen LogP contribution in [0.25, 0.3) is 0 Å². The first-order valence-corrected chi connectivity index (χ1v) is 7.02. The SMILES string of the molecule is OC(Cc1c(F)cccc1F)c1ccc2c(c1)CCCO2. The number of hydrogen-bond donors (Lipinski definition) is 1. The summed E-state index contributed by atoms with van der Waals surface area (Å²) in [6.45, 7) is 0.704. The van der Waals surface area contributed by atoms with Gasteiger partial charge in [-0.15, -0.1) is 0 Å². The molecular formula is C17H16F2O2. The summed E-state index contributed by atoms with van der Waals surface area (Å²) in [4.78, 5) is 0. The fraction of sp³-hybridized carbons (Fsp3) is 0.294. The second kappa shape index (κ2) is 5.82. The van der Waals surface area contributed by atoms with E-state index in [1.165, 1.54) is 18.2 Å². The number of aliphatic hydroxyl groups is 1. The Labute approximate surface area is 122 Å². The van der Waals surface area contributed by atoms with E-state index in [1.807, 2.05) is 12.1 Å². The highest BCUT2D eigenvalue weighted by Gasteiger charge is 2.18. The average molecular weight is 290 g/mol. The summed E-state index contributed by atoms with van der Waals surface area (Å²) in [7, 11) is 0. The predicted octanol–water partition coefficient (Wildman–Crippen LogP) is 3.57. The quantitative estimate of drug-likeness (QED) is 0.936. The van der Waals surface area contributed by atoms with Crippen molar-refractivity contribution in [3.8, 4) is 5.75 Å². The van der Waals surface area contributed by atoms with E-state index >= 15 is 0 Å². The Morgan fingerprint density at radius 2 is 1.90 bits per heavy atom. The molecule has 4 heteroatoms. The standard InChI is InChI=1S/C17H16F2O2/c18-14-4-1-5-15(19)13(14)10-16(20)11-6-7-17-12(9-11)3-2-8-21-17/h1,4-7,9,16,20H,2-3,8,10H2. The molecule has 0 saturated heterocycles. The van der Waals surface area contributed by atoms with Crippen molar-refractivity contribution >= 4 is 0 Å². The van der Waals surface area contributed by atoms with Gasteiger partial charge in [-0.3, -0.25) is 0 Å². The van der Waals surface area contributed by atoms with Crippen LogP contribution in [0.15, 0.2) is 36.4 Å². The van der Waals surface area contributed by atoms with E-state index in [2.05, 4.69) is 0 Å². The van der Waals surface area contributed by atoms with Gasteiger partial charge in [0, 0.05) is 12.0 Å². The second-order valence-electron chi connectivity index (χ2n) is 5.24. The van der Waals surface area contributed by atoms with Gasteiger partial charge in [-0.05, 0) is 48.2 Å². The zero-order valence-corrected chi connectivity index (χ0v) is 11.5. The summed E-state index contributed by atoms with van der Waals surface area (Å²) in [6, 6.07) is 9.13. The first-order chi connectivity index (χ1) is 10.1. The highest BCUT2D eigenvalue weighted by molar-refractivity contribution is 5.39. The van der Waals surface area contributed by atoms with Crippen molar-refractivity contribution in [3.05, 3.63) is 64.7 Å². The lowest BCUT2D eigenvalue weighted by Crippen LogP contribution is -2.10. The molecule has 0 bridgehead atoms. The van der Waals surface area contributed by atoms with Crippen LogP contribution in [0.5, 0.6) is 5.75 Å². The van der Waals surface area contributed by atoms with Crippen LogP contribution in [-0.2, 0) is 12.8 Å². The maximum atomic E-state index is 13.6. The third kappa shape index (κ3) is 2.90. The Hall–Kier alpha value is -1.94. The number of benzene rings is 2. The van der Waals surface area contributed by atoms with Gasteiger partial charge in [0.2, 0.25) is 0 Å². The van der Waals surface area contributed by atoms with E-state index in [4.69, 9.17) is 4.74 Å². The van der Waals surface area contributed by atoms with Crippen LogP contribution in [0.2, 0.25) is 0 Å². The summed E-state index contributed by atoms with van der Waals surface area (Å²) in [5, 5.41) is 10.3. The van der Waals surface area contributed by atoms with Gasteiger partial charge in [-0.25, -0.2) is 8.78 Å². The Kier molecular flexibility index (Phi) is 3.88. The third-order valence-corrected chi connectivity index (χ3v) is 3.78. The molecule has 21 heavy (non-hydrogen) atoms. The van der Waals surface area contributed by atoms with Gasteiger partial charge in [0.1, 0.15) is 17.4 Å². The topological polar surface area (TPSA) is 29.5 Å². The lowest BCUT2D eigenvalue weighted by molar-refractivity contribution is 0.175. The molecule has 0 amide bonds. The summed E-state index contributed by atoms with van der Waals surface area (Å²) in [5.74, 6) is -0.431. The molecule has 1 heterocycles. The molecule has 0 aliphatic carbocycles. The highest BCUT2D eigenvalue weighted by atomic mass is 19.1. The van der Waals surface area contributed by atoms with Crippen molar-refractivity contribution in [2.75, 3.05) is 6.61 Å². The van der Waals surface area contributed by atoms with Crippen LogP contribution in [0.3, 0.4) is 0 Å². The van der Waals surface area contributed by atoms with E-state index in [-0.39, 0.29) is 12.0 Å². The molecule has 1 atom stereocenters. The largest absolute Gasteiger partial charge is 0.493 e. The highest BCUT2D eigenvalue weighted by Crippen LogP contribution is 2.29. The van der Waals surface area contributed by atoms with Gasteiger partial charge >= 0.3 is 0 Å². The van der Waals surface area contributed by atoms with Crippen molar-refractivity contribution in [1.29, 1.82) is 0 Å². The Morgan fingerprint density at radius 3 is 2.67 bits per heavy atom. The van der Waals surface area contributed by atoms with Crippen molar-refractivity contribution in [3.63, 3.8) is 0 Å². The van der Waals surface area contributed by atoms with Crippen LogP contribution in [0.4, 0.5) is 8.78 Å². The summed E-state index contributed by atoms with van der Waals surface area (Å²) in [6.07, 6.45) is 0.806. The Balaban J connectivity index is 1.84. The van der Waals surface area contributed by atoms with E-state index < -0.39 is 17.7 Å². The molecule has 0 spiro atoms. The third-order valence-electron chi connectivity index (χ3n) is 3.78. The van der Waals surface area contributed by atoms with Crippen molar-refractivity contribution in [2.45, 2.75) is 25.4 Å². The van der Waals surface area contributed by atoms with Crippen LogP contribution in [0, 0.1) is 11.6 Å². The van der Waals surface area contributed by atoms with Gasteiger partial charge < -0.3 is 9.84 Å². The number of fused-ring (bicyclic) bond motifs is 1. The van der Waals surface area contributed by atoms with Gasteiger partial charge in [0.25, 0.3) is 0 Å². The van der Waals surface area contributed by atoms with E-state index in [0.717, 1.165) is 24.2 Å². The van der Waals surface area contributed by atoms with Crippen molar-refractivity contribution in [2.24, 2.45) is 0 Å². The minimum atomic E-state index is -0.941. The predicted molar refractivity (Wildman–Crippen MR) is 75.3 cm³/mol. The number of halogens is 2. The molecule has 1 aliphatic rings. The number of aliphatic hydroxyl groups excluding tert-OH is 1. The van der Waals surface area contributed by atoms with E-state index in [0.29, 0.717) is 12.2 Å². The second-order valence-corrected chi connectivity index (χ2v) is 5.24. The first kappa shape index (κ1) is 14.0. The Morgan fingerprint density at radius 1 is 1.14 bits per heavy atom. The number of ether oxygens (including phenoxy) is 1. The minimum absolute atomic E-state index is 0.0843. The van der Waals surface area contributed by atoms with Crippen LogP contribution >= 0.6 is 0 Å². The van der Waals surface area contributed by atoms with Gasteiger partial charge in [-0.1, -0.05) is 12.1 Å². The van der Waals surface area contributed by atoms with Crippen molar-refractivity contribution < 1.29 is 18.6 Å². The molecule has 0 fully saturated rings. The van der Waals surface area contributed by atoms with E-state index in [1.54, 1.807) is 6.07 Å². The zero-order chi connectivity index (χ0) is 14.8. The first-order valence-electron chi connectivity index (χ1n) is 7.02. The summed E-state index contributed by atoms with van der Waals surface area (Å²) >= 11 is 0. The van der Waals surface area contributed by atoms with Gasteiger partial charge in [-0.2, -0.15) is 0 Å². The average Bonchev–Trinajstić information content (AvgIpc) is 2.50. The molecular weight excluding hydrogens is 274 g/mol. The lowest BCUT2D eigenvalue weighted by Gasteiger charge is -2.19. The smallest absolute Gasteiger partial charge is 0.129 e. The minimum Gasteiger partial charge on any atom is -0.493 e. The van der Waals surface area contributed by atoms with Gasteiger partial charge in [0.15, 0.2) is 0 Å². The fourth-order valence-electron chi connectivity index (χ4n) is 2.63. The summed E-state index contributed by atoms with van der Waals surface area (Å²) < 4.78 is 32.8. The molecule has 3 rings (SSSR count). The molecule has 2 aromatic rings. The molecule has 0 radical (unpaired) electrons. The molecule has 2 nitrogen and oxygen atoms in total. The molecule has 1 N–H and O–H groups in total. The molecule has 0 aromatic heterocycles. The maximum Gasteiger partial charge on any atom is 0.129 e. The van der Waals surface area contributed by atoms with Crippen LogP contribution < -0.4 is 4.74 Å². The monoisotopic (exact) mass is 290 g/mol. The van der Waals surface area contributed by atoms with Crippen LogP contribution in [-0.4, -0.2) is 11.7 Å². The van der Waals surface area contributed by atoms with Crippen LogP contribution in [0.1, 0.15) is 29.2 Å². The molecule has 1 aliphatic heterocycles. The lowest BCUT2D eigenvalue weighted by atomic mass is 9.96. The number of hydrogen-bond acceptors (Lipinski definition) is 2.